The number of carbonyl (C=O) groups excluding carboxylic acids is 1. The Bertz CT molecular complexity index is 579. The standard InChI is InChI=1S/C18H25NO3S/c1-17(2,3)15-11-18(12-20,9-10-19(15)16(21)22)13-5-7-14(23-4)8-6-13/h5-8,12,15H,9-11H2,1-4H3,(H,21,22). The van der Waals surface area contributed by atoms with Crippen LogP contribution in [0.1, 0.15) is 39.2 Å². The molecule has 1 aromatic rings. The predicted octanol–water partition coefficient (Wildman–Crippen LogP) is 4.03. The molecule has 1 heterocycles. The van der Waals surface area contributed by atoms with Crippen molar-refractivity contribution in [3.63, 3.8) is 0 Å². The first-order valence-electron chi connectivity index (χ1n) is 7.84. The molecular weight excluding hydrogens is 310 g/mol. The van der Waals surface area contributed by atoms with Gasteiger partial charge in [-0.2, -0.15) is 0 Å². The number of hydrogen-bond acceptors (Lipinski definition) is 3. The van der Waals surface area contributed by atoms with E-state index >= 15 is 0 Å². The number of thioether (sulfide) groups is 1. The van der Waals surface area contributed by atoms with Crippen molar-refractivity contribution in [3.8, 4) is 0 Å². The van der Waals surface area contributed by atoms with Crippen molar-refractivity contribution >= 4 is 24.1 Å². The zero-order valence-electron chi connectivity index (χ0n) is 14.2. The van der Waals surface area contributed by atoms with E-state index in [9.17, 15) is 14.7 Å². The molecule has 1 saturated heterocycles. The largest absolute Gasteiger partial charge is 0.465 e. The second-order valence-electron chi connectivity index (χ2n) is 7.31. The van der Waals surface area contributed by atoms with Gasteiger partial charge in [-0.15, -0.1) is 11.8 Å². The Morgan fingerprint density at radius 2 is 1.96 bits per heavy atom. The normalized spacial score (nSPS) is 25.2. The highest BCUT2D eigenvalue weighted by molar-refractivity contribution is 7.98. The number of aldehydes is 1. The number of amides is 1. The van der Waals surface area contributed by atoms with Crippen LogP contribution in [0.3, 0.4) is 0 Å². The molecule has 1 N–H and O–H groups in total. The molecule has 1 aliphatic rings. The summed E-state index contributed by atoms with van der Waals surface area (Å²) >= 11 is 1.67. The molecule has 1 fully saturated rings. The van der Waals surface area contributed by atoms with Gasteiger partial charge in [0, 0.05) is 17.5 Å². The van der Waals surface area contributed by atoms with Crippen molar-refractivity contribution in [2.45, 2.75) is 50.0 Å². The van der Waals surface area contributed by atoms with Crippen LogP contribution in [0.25, 0.3) is 0 Å². The summed E-state index contributed by atoms with van der Waals surface area (Å²) in [5.74, 6) is 0. The molecular formula is C18H25NO3S. The summed E-state index contributed by atoms with van der Waals surface area (Å²) in [4.78, 5) is 26.2. The van der Waals surface area contributed by atoms with Gasteiger partial charge in [-0.3, -0.25) is 0 Å². The van der Waals surface area contributed by atoms with Gasteiger partial charge >= 0.3 is 6.09 Å². The minimum atomic E-state index is -0.901. The summed E-state index contributed by atoms with van der Waals surface area (Å²) in [6, 6.07) is 7.90. The van der Waals surface area contributed by atoms with Crippen LogP contribution in [0.4, 0.5) is 4.79 Å². The van der Waals surface area contributed by atoms with Crippen LogP contribution in [-0.2, 0) is 10.2 Å². The molecule has 1 aliphatic heterocycles. The minimum absolute atomic E-state index is 0.181. The van der Waals surface area contributed by atoms with Crippen molar-refractivity contribution in [2.75, 3.05) is 12.8 Å². The first-order valence-corrected chi connectivity index (χ1v) is 9.06. The van der Waals surface area contributed by atoms with Gasteiger partial charge in [-0.05, 0) is 42.2 Å². The van der Waals surface area contributed by atoms with E-state index in [2.05, 4.69) is 0 Å². The fourth-order valence-corrected chi connectivity index (χ4v) is 3.80. The average Bonchev–Trinajstić information content (AvgIpc) is 2.53. The third-order valence-corrected chi connectivity index (χ3v) is 5.61. The van der Waals surface area contributed by atoms with E-state index < -0.39 is 11.5 Å². The number of hydrogen-bond donors (Lipinski definition) is 1. The van der Waals surface area contributed by atoms with Crippen LogP contribution >= 0.6 is 11.8 Å². The smallest absolute Gasteiger partial charge is 0.407 e. The van der Waals surface area contributed by atoms with Gasteiger partial charge in [-0.25, -0.2) is 4.79 Å². The lowest BCUT2D eigenvalue weighted by Crippen LogP contribution is -2.56. The summed E-state index contributed by atoms with van der Waals surface area (Å²) in [6.45, 7) is 6.49. The maximum absolute atomic E-state index is 12.0. The molecule has 0 saturated carbocycles. The molecule has 1 amide bonds. The molecule has 2 rings (SSSR count). The Morgan fingerprint density at radius 3 is 2.39 bits per heavy atom. The predicted molar refractivity (Wildman–Crippen MR) is 93.2 cm³/mol. The lowest BCUT2D eigenvalue weighted by Gasteiger charge is -2.48. The van der Waals surface area contributed by atoms with Crippen molar-refractivity contribution in [1.82, 2.24) is 4.90 Å². The molecule has 2 atom stereocenters. The second kappa shape index (κ2) is 6.56. The van der Waals surface area contributed by atoms with Crippen molar-refractivity contribution in [1.29, 1.82) is 0 Å². The topological polar surface area (TPSA) is 57.6 Å². The minimum Gasteiger partial charge on any atom is -0.465 e. The number of benzene rings is 1. The highest BCUT2D eigenvalue weighted by Gasteiger charge is 2.46. The van der Waals surface area contributed by atoms with Crippen LogP contribution in [0, 0.1) is 5.41 Å². The quantitative estimate of drug-likeness (QED) is 0.669. The van der Waals surface area contributed by atoms with E-state index in [-0.39, 0.29) is 11.5 Å². The van der Waals surface area contributed by atoms with Gasteiger partial charge in [0.2, 0.25) is 0 Å². The Kier molecular flexibility index (Phi) is 5.09. The second-order valence-corrected chi connectivity index (χ2v) is 8.19. The molecule has 0 aliphatic carbocycles. The number of rotatable bonds is 3. The van der Waals surface area contributed by atoms with E-state index in [0.717, 1.165) is 16.7 Å². The van der Waals surface area contributed by atoms with Crippen LogP contribution in [0.2, 0.25) is 0 Å². The van der Waals surface area contributed by atoms with E-state index in [1.165, 1.54) is 4.90 Å². The molecule has 0 aromatic heterocycles. The van der Waals surface area contributed by atoms with Crippen LogP contribution in [-0.4, -0.2) is 41.2 Å². The van der Waals surface area contributed by atoms with Crippen molar-refractivity contribution in [3.05, 3.63) is 29.8 Å². The Hall–Kier alpha value is -1.49. The molecule has 5 heteroatoms. The van der Waals surface area contributed by atoms with Crippen LogP contribution < -0.4 is 0 Å². The zero-order chi connectivity index (χ0) is 17.3. The fraction of sp³-hybridized carbons (Fsp3) is 0.556. The lowest BCUT2D eigenvalue weighted by atomic mass is 9.66. The number of carbonyl (C=O) groups is 2. The Labute approximate surface area is 142 Å². The first kappa shape index (κ1) is 17.9. The molecule has 0 radical (unpaired) electrons. The number of nitrogens with zero attached hydrogens (tertiary/aromatic N) is 1. The van der Waals surface area contributed by atoms with E-state index in [1.54, 1.807) is 11.8 Å². The molecule has 4 nitrogen and oxygen atoms in total. The third kappa shape index (κ3) is 3.55. The molecule has 2 unspecified atom stereocenters. The SMILES string of the molecule is CSc1ccc(C2(C=O)CCN(C(=O)O)C(C(C)(C)C)C2)cc1. The molecule has 0 bridgehead atoms. The Morgan fingerprint density at radius 1 is 1.35 bits per heavy atom. The van der Waals surface area contributed by atoms with Gasteiger partial charge < -0.3 is 14.8 Å². The van der Waals surface area contributed by atoms with Gasteiger partial charge in [-0.1, -0.05) is 32.9 Å². The third-order valence-electron chi connectivity index (χ3n) is 4.87. The lowest BCUT2D eigenvalue weighted by molar-refractivity contribution is -0.115. The van der Waals surface area contributed by atoms with Gasteiger partial charge in [0.25, 0.3) is 0 Å². The molecule has 1 aromatic carbocycles. The monoisotopic (exact) mass is 335 g/mol. The maximum Gasteiger partial charge on any atom is 0.407 e. The van der Waals surface area contributed by atoms with Gasteiger partial charge in [0.05, 0.1) is 5.41 Å². The zero-order valence-corrected chi connectivity index (χ0v) is 15.0. The van der Waals surface area contributed by atoms with Gasteiger partial charge in [0.15, 0.2) is 0 Å². The summed E-state index contributed by atoms with van der Waals surface area (Å²) in [5, 5.41) is 9.49. The van der Waals surface area contributed by atoms with E-state index in [1.807, 2.05) is 51.3 Å². The summed E-state index contributed by atoms with van der Waals surface area (Å²) in [5.41, 5.74) is 0.178. The molecule has 0 spiro atoms. The van der Waals surface area contributed by atoms with Crippen LogP contribution in [0.15, 0.2) is 29.2 Å². The Balaban J connectivity index is 2.39. The number of piperidine rings is 1. The van der Waals surface area contributed by atoms with Crippen molar-refractivity contribution < 1.29 is 14.7 Å². The van der Waals surface area contributed by atoms with Crippen LogP contribution in [0.5, 0.6) is 0 Å². The van der Waals surface area contributed by atoms with E-state index in [4.69, 9.17) is 0 Å². The summed E-state index contributed by atoms with van der Waals surface area (Å²) in [6.07, 6.45) is 3.21. The fourth-order valence-electron chi connectivity index (χ4n) is 3.40. The maximum atomic E-state index is 12.0. The van der Waals surface area contributed by atoms with Crippen molar-refractivity contribution in [2.24, 2.45) is 5.41 Å². The number of likely N-dealkylation sites (tertiary alicyclic amines) is 1. The summed E-state index contributed by atoms with van der Waals surface area (Å²) in [7, 11) is 0. The highest BCUT2D eigenvalue weighted by atomic mass is 32.2. The highest BCUT2D eigenvalue weighted by Crippen LogP contribution is 2.42. The van der Waals surface area contributed by atoms with Gasteiger partial charge in [0.1, 0.15) is 6.29 Å². The molecule has 126 valence electrons. The average molecular weight is 335 g/mol. The number of carboxylic acid groups (broad SMARTS) is 1. The van der Waals surface area contributed by atoms with E-state index in [0.29, 0.717) is 19.4 Å². The summed E-state index contributed by atoms with van der Waals surface area (Å²) < 4.78 is 0. The first-order chi connectivity index (χ1) is 10.7. The molecule has 23 heavy (non-hydrogen) atoms.